The number of nitrogens with one attached hydrogen (secondary N) is 2. The minimum atomic E-state index is 0.667. The quantitative estimate of drug-likeness (QED) is 0.734. The molecule has 2 aromatic heterocycles. The smallest absolute Gasteiger partial charge is 0.182 e. The van der Waals surface area contributed by atoms with Crippen molar-refractivity contribution in [2.75, 3.05) is 5.32 Å². The molecule has 1 aromatic carbocycles. The predicted octanol–water partition coefficient (Wildman–Crippen LogP) is 2.61. The first-order chi connectivity index (χ1) is 8.93. The third kappa shape index (κ3) is 2.06. The van der Waals surface area contributed by atoms with Crippen molar-refractivity contribution >= 4 is 11.5 Å². The first-order valence-electron chi connectivity index (χ1n) is 5.58. The lowest BCUT2D eigenvalue weighted by atomic mass is 10.2. The topological polar surface area (TPSA) is 66.5 Å². The number of anilines is 2. The number of hydrogen-bond donors (Lipinski definition) is 2. The molecule has 0 radical (unpaired) electrons. The van der Waals surface area contributed by atoms with Crippen molar-refractivity contribution in [3.63, 3.8) is 0 Å². The SMILES string of the molecule is c1ccc(Nc2n[nH]nc2-c2ccccn2)cc1. The van der Waals surface area contributed by atoms with E-state index in [1.807, 2.05) is 48.5 Å². The highest BCUT2D eigenvalue weighted by molar-refractivity contribution is 5.72. The van der Waals surface area contributed by atoms with Crippen LogP contribution in [0.5, 0.6) is 0 Å². The van der Waals surface area contributed by atoms with Crippen molar-refractivity contribution < 1.29 is 0 Å². The van der Waals surface area contributed by atoms with E-state index in [9.17, 15) is 0 Å². The molecule has 0 bridgehead atoms. The van der Waals surface area contributed by atoms with Crippen molar-refractivity contribution in [1.82, 2.24) is 20.4 Å². The Morgan fingerprint density at radius 3 is 2.50 bits per heavy atom. The summed E-state index contributed by atoms with van der Waals surface area (Å²) in [6.45, 7) is 0. The second-order valence-corrected chi connectivity index (χ2v) is 3.73. The van der Waals surface area contributed by atoms with E-state index in [1.165, 1.54) is 0 Å². The molecular formula is C13H11N5. The summed E-state index contributed by atoms with van der Waals surface area (Å²) in [5.41, 5.74) is 2.45. The number of aromatic nitrogens is 4. The number of aromatic amines is 1. The number of nitrogens with zero attached hydrogens (tertiary/aromatic N) is 3. The van der Waals surface area contributed by atoms with Crippen molar-refractivity contribution in [3.05, 3.63) is 54.7 Å². The molecule has 2 N–H and O–H groups in total. The van der Waals surface area contributed by atoms with Gasteiger partial charge in [0.05, 0.1) is 5.69 Å². The van der Waals surface area contributed by atoms with E-state index in [1.54, 1.807) is 6.20 Å². The summed E-state index contributed by atoms with van der Waals surface area (Å²) in [4.78, 5) is 4.26. The molecule has 0 aliphatic heterocycles. The van der Waals surface area contributed by atoms with Gasteiger partial charge in [0.15, 0.2) is 11.5 Å². The van der Waals surface area contributed by atoms with Crippen LogP contribution in [0.15, 0.2) is 54.7 Å². The number of rotatable bonds is 3. The summed E-state index contributed by atoms with van der Waals surface area (Å²) in [6, 6.07) is 15.5. The third-order valence-electron chi connectivity index (χ3n) is 2.49. The molecule has 0 unspecified atom stereocenters. The van der Waals surface area contributed by atoms with Gasteiger partial charge in [-0.05, 0) is 24.3 Å². The molecule has 0 saturated heterocycles. The van der Waals surface area contributed by atoms with Gasteiger partial charge in [0.1, 0.15) is 0 Å². The van der Waals surface area contributed by atoms with E-state index >= 15 is 0 Å². The van der Waals surface area contributed by atoms with Crippen LogP contribution in [-0.4, -0.2) is 20.4 Å². The first kappa shape index (κ1) is 10.5. The fourth-order valence-corrected chi connectivity index (χ4v) is 1.66. The molecule has 3 rings (SSSR count). The summed E-state index contributed by atoms with van der Waals surface area (Å²) in [7, 11) is 0. The average Bonchev–Trinajstić information content (AvgIpc) is 2.89. The second-order valence-electron chi connectivity index (χ2n) is 3.73. The van der Waals surface area contributed by atoms with Crippen molar-refractivity contribution in [2.45, 2.75) is 0 Å². The maximum atomic E-state index is 4.26. The van der Waals surface area contributed by atoms with Gasteiger partial charge in [-0.3, -0.25) is 4.98 Å². The van der Waals surface area contributed by atoms with Gasteiger partial charge in [0.25, 0.3) is 0 Å². The summed E-state index contributed by atoms with van der Waals surface area (Å²) < 4.78 is 0. The number of benzene rings is 1. The Hall–Kier alpha value is -2.69. The first-order valence-corrected chi connectivity index (χ1v) is 5.58. The van der Waals surface area contributed by atoms with E-state index in [0.717, 1.165) is 11.4 Å². The van der Waals surface area contributed by atoms with Gasteiger partial charge in [0.2, 0.25) is 0 Å². The Bertz CT molecular complexity index is 618. The highest BCUT2D eigenvalue weighted by atomic mass is 15.4. The summed E-state index contributed by atoms with van der Waals surface area (Å²) >= 11 is 0. The van der Waals surface area contributed by atoms with Crippen LogP contribution in [0.3, 0.4) is 0 Å². The van der Waals surface area contributed by atoms with E-state index in [4.69, 9.17) is 0 Å². The van der Waals surface area contributed by atoms with E-state index in [0.29, 0.717) is 11.5 Å². The van der Waals surface area contributed by atoms with Crippen LogP contribution in [0.1, 0.15) is 0 Å². The van der Waals surface area contributed by atoms with Gasteiger partial charge in [-0.2, -0.15) is 10.3 Å². The Morgan fingerprint density at radius 2 is 1.72 bits per heavy atom. The van der Waals surface area contributed by atoms with E-state index in [-0.39, 0.29) is 0 Å². The molecule has 0 fully saturated rings. The number of H-pyrrole nitrogens is 1. The zero-order valence-corrected chi connectivity index (χ0v) is 9.54. The molecule has 5 nitrogen and oxygen atoms in total. The Balaban J connectivity index is 1.93. The fourth-order valence-electron chi connectivity index (χ4n) is 1.66. The molecule has 0 aliphatic rings. The second kappa shape index (κ2) is 4.67. The number of pyridine rings is 1. The van der Waals surface area contributed by atoms with Crippen LogP contribution in [-0.2, 0) is 0 Å². The largest absolute Gasteiger partial charge is 0.337 e. The monoisotopic (exact) mass is 237 g/mol. The van der Waals surface area contributed by atoms with Crippen LogP contribution in [0.4, 0.5) is 11.5 Å². The minimum Gasteiger partial charge on any atom is -0.337 e. The normalized spacial score (nSPS) is 10.2. The van der Waals surface area contributed by atoms with Crippen molar-refractivity contribution in [2.24, 2.45) is 0 Å². The lowest BCUT2D eigenvalue weighted by molar-refractivity contribution is 0.942. The molecule has 0 aliphatic carbocycles. The zero-order chi connectivity index (χ0) is 12.2. The fraction of sp³-hybridized carbons (Fsp3) is 0. The lowest BCUT2D eigenvalue weighted by Gasteiger charge is -2.03. The predicted molar refractivity (Wildman–Crippen MR) is 69.3 cm³/mol. The molecule has 0 amide bonds. The van der Waals surface area contributed by atoms with Crippen LogP contribution < -0.4 is 5.32 Å². The molecule has 0 spiro atoms. The summed E-state index contributed by atoms with van der Waals surface area (Å²) in [5, 5.41) is 14.0. The minimum absolute atomic E-state index is 0.667. The number of para-hydroxylation sites is 1. The molecule has 5 heteroatoms. The highest BCUT2D eigenvalue weighted by Gasteiger charge is 2.10. The molecule has 18 heavy (non-hydrogen) atoms. The van der Waals surface area contributed by atoms with Crippen molar-refractivity contribution in [3.8, 4) is 11.4 Å². The van der Waals surface area contributed by atoms with Crippen LogP contribution >= 0.6 is 0 Å². The Morgan fingerprint density at radius 1 is 0.889 bits per heavy atom. The highest BCUT2D eigenvalue weighted by Crippen LogP contribution is 2.23. The average molecular weight is 237 g/mol. The van der Waals surface area contributed by atoms with Crippen LogP contribution in [0, 0.1) is 0 Å². The third-order valence-corrected chi connectivity index (χ3v) is 2.49. The van der Waals surface area contributed by atoms with Gasteiger partial charge in [-0.1, -0.05) is 24.3 Å². The van der Waals surface area contributed by atoms with Crippen molar-refractivity contribution in [1.29, 1.82) is 0 Å². The lowest BCUT2D eigenvalue weighted by Crippen LogP contribution is -1.93. The standard InChI is InChI=1S/C13H11N5/c1-2-6-10(7-3-1)15-13-12(16-18-17-13)11-8-4-5-9-14-11/h1-9H,(H2,15,16,17,18). The molecular weight excluding hydrogens is 226 g/mol. The van der Waals surface area contributed by atoms with Gasteiger partial charge >= 0.3 is 0 Å². The maximum absolute atomic E-state index is 4.26. The molecule has 88 valence electrons. The summed E-state index contributed by atoms with van der Waals surface area (Å²) in [6.07, 6.45) is 1.73. The Labute approximate surface area is 104 Å². The zero-order valence-electron chi connectivity index (χ0n) is 9.54. The molecule has 0 atom stereocenters. The van der Waals surface area contributed by atoms with Gasteiger partial charge < -0.3 is 5.32 Å². The van der Waals surface area contributed by atoms with Gasteiger partial charge in [0, 0.05) is 11.9 Å². The van der Waals surface area contributed by atoms with E-state index in [2.05, 4.69) is 25.7 Å². The van der Waals surface area contributed by atoms with Gasteiger partial charge in [-0.15, -0.1) is 5.10 Å². The Kier molecular flexibility index (Phi) is 2.71. The molecule has 3 aromatic rings. The molecule has 0 saturated carbocycles. The van der Waals surface area contributed by atoms with Crippen LogP contribution in [0.2, 0.25) is 0 Å². The molecule has 2 heterocycles. The maximum Gasteiger partial charge on any atom is 0.182 e. The number of hydrogen-bond acceptors (Lipinski definition) is 4. The van der Waals surface area contributed by atoms with Crippen LogP contribution in [0.25, 0.3) is 11.4 Å². The van der Waals surface area contributed by atoms with Gasteiger partial charge in [-0.25, -0.2) is 0 Å². The van der Waals surface area contributed by atoms with E-state index < -0.39 is 0 Å². The summed E-state index contributed by atoms with van der Waals surface area (Å²) in [5.74, 6) is 0.667.